The fourth-order valence-corrected chi connectivity index (χ4v) is 6.01. The Labute approximate surface area is 209 Å². The largest absolute Gasteiger partial charge is 0.503 e. The van der Waals surface area contributed by atoms with Crippen molar-refractivity contribution in [2.24, 2.45) is 0 Å². The van der Waals surface area contributed by atoms with Gasteiger partial charge in [-0.25, -0.2) is 4.98 Å². The molecule has 1 amide bonds. The van der Waals surface area contributed by atoms with E-state index in [-0.39, 0.29) is 5.57 Å². The van der Waals surface area contributed by atoms with Crippen LogP contribution in [0.5, 0.6) is 11.5 Å². The van der Waals surface area contributed by atoms with Crippen LogP contribution in [0.2, 0.25) is 0 Å². The van der Waals surface area contributed by atoms with E-state index in [1.807, 2.05) is 18.2 Å². The minimum absolute atomic E-state index is 0.0162. The minimum Gasteiger partial charge on any atom is -0.503 e. The summed E-state index contributed by atoms with van der Waals surface area (Å²) < 4.78 is 12.0. The Hall–Kier alpha value is -3.69. The lowest BCUT2D eigenvalue weighted by Gasteiger charge is -2.26. The molecular formula is C26H22N2O5S2. The Morgan fingerprint density at radius 1 is 1.14 bits per heavy atom. The fraction of sp³-hybridized carbons (Fsp3) is 0.192. The summed E-state index contributed by atoms with van der Waals surface area (Å²) in [6.45, 7) is 2.07. The van der Waals surface area contributed by atoms with E-state index in [0.717, 1.165) is 22.2 Å². The van der Waals surface area contributed by atoms with Crippen LogP contribution in [0.3, 0.4) is 0 Å². The lowest BCUT2D eigenvalue weighted by molar-refractivity contribution is -0.117. The first-order valence-corrected chi connectivity index (χ1v) is 12.6. The molecule has 9 heteroatoms. The summed E-state index contributed by atoms with van der Waals surface area (Å²) in [4.78, 5) is 33.5. The van der Waals surface area contributed by atoms with Gasteiger partial charge in [0.05, 0.1) is 34.9 Å². The number of thiazole rings is 1. The lowest BCUT2D eigenvalue weighted by atomic mass is 9.94. The highest BCUT2D eigenvalue weighted by molar-refractivity contribution is 7.22. The van der Waals surface area contributed by atoms with Crippen molar-refractivity contribution in [2.75, 3.05) is 19.1 Å². The number of fused-ring (bicyclic) bond motifs is 1. The van der Waals surface area contributed by atoms with Gasteiger partial charge >= 0.3 is 0 Å². The maximum atomic E-state index is 13.6. The van der Waals surface area contributed by atoms with Crippen molar-refractivity contribution in [2.45, 2.75) is 19.4 Å². The first kappa shape index (κ1) is 23.1. The molecule has 0 aliphatic carbocycles. The van der Waals surface area contributed by atoms with Crippen LogP contribution in [-0.2, 0) is 11.2 Å². The maximum Gasteiger partial charge on any atom is 0.296 e. The summed E-state index contributed by atoms with van der Waals surface area (Å²) in [6, 6.07) is 13.7. The third-order valence-corrected chi connectivity index (χ3v) is 7.87. The second-order valence-electron chi connectivity index (χ2n) is 7.88. The first-order valence-electron chi connectivity index (χ1n) is 10.9. The van der Waals surface area contributed by atoms with E-state index in [0.29, 0.717) is 27.1 Å². The number of ether oxygens (including phenoxy) is 2. The van der Waals surface area contributed by atoms with E-state index in [4.69, 9.17) is 14.5 Å². The number of aliphatic hydroxyl groups excluding tert-OH is 1. The molecular weight excluding hydrogens is 484 g/mol. The zero-order valence-corrected chi connectivity index (χ0v) is 20.9. The van der Waals surface area contributed by atoms with E-state index < -0.39 is 23.5 Å². The first-order chi connectivity index (χ1) is 17.0. The number of nitrogens with zero attached hydrogens (tertiary/aromatic N) is 2. The molecule has 35 heavy (non-hydrogen) atoms. The van der Waals surface area contributed by atoms with Gasteiger partial charge in [0.2, 0.25) is 5.78 Å². The van der Waals surface area contributed by atoms with Crippen LogP contribution >= 0.6 is 22.7 Å². The van der Waals surface area contributed by atoms with Crippen LogP contribution in [0.15, 0.2) is 65.2 Å². The highest BCUT2D eigenvalue weighted by Gasteiger charge is 2.47. The van der Waals surface area contributed by atoms with Crippen LogP contribution in [0.25, 0.3) is 10.2 Å². The molecule has 0 bridgehead atoms. The molecule has 1 aliphatic rings. The maximum absolute atomic E-state index is 13.6. The van der Waals surface area contributed by atoms with Gasteiger partial charge in [0.1, 0.15) is 6.04 Å². The van der Waals surface area contributed by atoms with Gasteiger partial charge in [0, 0.05) is 5.56 Å². The van der Waals surface area contributed by atoms with Gasteiger partial charge < -0.3 is 14.6 Å². The van der Waals surface area contributed by atoms with E-state index >= 15 is 0 Å². The number of methoxy groups -OCH3 is 2. The van der Waals surface area contributed by atoms with E-state index in [9.17, 15) is 14.7 Å². The molecule has 4 aromatic rings. The number of aryl methyl sites for hydroxylation is 1. The summed E-state index contributed by atoms with van der Waals surface area (Å²) in [5.74, 6) is -0.874. The van der Waals surface area contributed by atoms with Gasteiger partial charge in [-0.2, -0.15) is 0 Å². The number of aliphatic hydroxyl groups is 1. The molecule has 0 unspecified atom stereocenters. The lowest BCUT2D eigenvalue weighted by Crippen LogP contribution is -2.31. The number of aromatic nitrogens is 1. The summed E-state index contributed by atoms with van der Waals surface area (Å²) in [7, 11) is 3.01. The highest BCUT2D eigenvalue weighted by Crippen LogP contribution is 2.48. The number of para-hydroxylation sites is 1. The Bertz CT molecular complexity index is 1470. The Balaban J connectivity index is 1.73. The zero-order valence-electron chi connectivity index (χ0n) is 19.3. The van der Waals surface area contributed by atoms with Crippen LogP contribution in [0.4, 0.5) is 5.13 Å². The third-order valence-electron chi connectivity index (χ3n) is 5.98. The molecule has 0 saturated heterocycles. The fourth-order valence-electron chi connectivity index (χ4n) is 4.28. The Morgan fingerprint density at radius 3 is 2.66 bits per heavy atom. The Kier molecular flexibility index (Phi) is 6.04. The Morgan fingerprint density at radius 2 is 1.97 bits per heavy atom. The number of benzene rings is 2. The van der Waals surface area contributed by atoms with Crippen molar-refractivity contribution in [3.63, 3.8) is 0 Å². The molecule has 0 saturated carbocycles. The molecule has 0 fully saturated rings. The van der Waals surface area contributed by atoms with Crippen molar-refractivity contribution in [3.8, 4) is 11.5 Å². The number of thiophene rings is 1. The number of Topliss-reactive ketones (excluding diaryl/α,β-unsaturated/α-hetero) is 1. The van der Waals surface area contributed by atoms with Gasteiger partial charge in [0.15, 0.2) is 22.4 Å². The van der Waals surface area contributed by atoms with Gasteiger partial charge in [-0.1, -0.05) is 42.5 Å². The van der Waals surface area contributed by atoms with Crippen molar-refractivity contribution in [3.05, 3.63) is 81.2 Å². The quantitative estimate of drug-likeness (QED) is 0.323. The number of carbonyl (C=O) groups is 2. The second kappa shape index (κ2) is 9.16. The number of hydrogen-bond acceptors (Lipinski definition) is 8. The number of ketones is 1. The number of rotatable bonds is 7. The molecule has 2 aromatic heterocycles. The van der Waals surface area contributed by atoms with Crippen molar-refractivity contribution in [1.82, 2.24) is 4.98 Å². The van der Waals surface area contributed by atoms with Crippen molar-refractivity contribution >= 4 is 49.7 Å². The van der Waals surface area contributed by atoms with E-state index in [2.05, 4.69) is 6.92 Å². The standard InChI is InChI=1S/C26H22N2O5S2/c1-4-14-10-11-16-19(13-14)35-26(27-16)28-21(15-7-5-8-17(32-2)24(15)33-3)20(23(30)25(28)31)22(29)18-9-6-12-34-18/h5-13,21,30H,4H2,1-3H3/t21-/m1/s1. The second-order valence-corrected chi connectivity index (χ2v) is 9.84. The molecule has 5 rings (SSSR count). The topological polar surface area (TPSA) is 89.0 Å². The molecule has 7 nitrogen and oxygen atoms in total. The highest BCUT2D eigenvalue weighted by atomic mass is 32.1. The normalized spacial score (nSPS) is 15.8. The van der Waals surface area contributed by atoms with Gasteiger partial charge in [0.25, 0.3) is 5.91 Å². The van der Waals surface area contributed by atoms with Crippen molar-refractivity contribution < 1.29 is 24.2 Å². The van der Waals surface area contributed by atoms with Crippen LogP contribution in [0.1, 0.15) is 33.8 Å². The number of amides is 1. The van der Waals surface area contributed by atoms with Crippen LogP contribution in [-0.4, -0.2) is 36.0 Å². The molecule has 0 radical (unpaired) electrons. The predicted molar refractivity (Wildman–Crippen MR) is 137 cm³/mol. The zero-order chi connectivity index (χ0) is 24.7. The van der Waals surface area contributed by atoms with E-state index in [1.54, 1.807) is 35.7 Å². The number of hydrogen-bond donors (Lipinski definition) is 1. The summed E-state index contributed by atoms with van der Waals surface area (Å²) >= 11 is 2.59. The molecule has 1 N–H and O–H groups in total. The minimum atomic E-state index is -0.951. The molecule has 3 heterocycles. The van der Waals surface area contributed by atoms with Crippen LogP contribution < -0.4 is 14.4 Å². The summed E-state index contributed by atoms with van der Waals surface area (Å²) in [6.07, 6.45) is 0.872. The molecule has 1 atom stereocenters. The van der Waals surface area contributed by atoms with E-state index in [1.165, 1.54) is 41.8 Å². The summed E-state index contributed by atoms with van der Waals surface area (Å²) in [5, 5.41) is 13.2. The third kappa shape index (κ3) is 3.77. The number of anilines is 1. The molecule has 1 aliphatic heterocycles. The average molecular weight is 507 g/mol. The van der Waals surface area contributed by atoms with Crippen LogP contribution in [0, 0.1) is 0 Å². The van der Waals surface area contributed by atoms with Gasteiger partial charge in [-0.05, 0) is 41.6 Å². The van der Waals surface area contributed by atoms with Gasteiger partial charge in [-0.15, -0.1) is 11.3 Å². The smallest absolute Gasteiger partial charge is 0.296 e. The SMILES string of the molecule is CCc1ccc2nc(N3C(=O)C(O)=C(C(=O)c4cccs4)[C@H]3c3cccc(OC)c3OC)sc2c1. The van der Waals surface area contributed by atoms with Crippen molar-refractivity contribution in [1.29, 1.82) is 0 Å². The predicted octanol–water partition coefficient (Wildman–Crippen LogP) is 5.72. The summed E-state index contributed by atoms with van der Waals surface area (Å²) in [5.41, 5.74) is 2.39. The average Bonchev–Trinajstić information content (AvgIpc) is 3.61. The molecule has 0 spiro atoms. The monoisotopic (exact) mass is 506 g/mol. The van der Waals surface area contributed by atoms with Gasteiger partial charge in [-0.3, -0.25) is 14.5 Å². The molecule has 178 valence electrons. The number of carbonyl (C=O) groups excluding carboxylic acids is 2. The molecule has 2 aromatic carbocycles.